The molecule has 44 heavy (non-hydrogen) atoms. The maximum Gasteiger partial charge on any atom is 0.249 e. The van der Waals surface area contributed by atoms with Gasteiger partial charge in [0.2, 0.25) is 26.0 Å². The number of nitrogens with zero attached hydrogens (tertiary/aromatic N) is 2. The van der Waals surface area contributed by atoms with Gasteiger partial charge in [0.15, 0.2) is 28.2 Å². The van der Waals surface area contributed by atoms with E-state index in [0.717, 1.165) is 45.9 Å². The molecule has 0 aromatic heterocycles. The molecule has 1 aliphatic rings. The molecule has 0 heterocycles. The smallest absolute Gasteiger partial charge is 0.249 e. The normalized spacial score (nSPS) is 14.5. The van der Waals surface area contributed by atoms with Crippen LogP contribution in [0.3, 0.4) is 0 Å². The molecule has 1 amide bonds. The second-order valence-electron chi connectivity index (χ2n) is 10.9. The number of likely N-dealkylation sites (N-methyl/N-ethyl adjacent to an activating group) is 1. The fourth-order valence-electron chi connectivity index (χ4n) is 5.23. The van der Waals surface area contributed by atoms with E-state index in [4.69, 9.17) is 0 Å². The number of benzene rings is 3. The Labute approximate surface area is 254 Å². The van der Waals surface area contributed by atoms with E-state index in [1.165, 1.54) is 41.1 Å². The summed E-state index contributed by atoms with van der Waals surface area (Å²) in [6, 6.07) is 13.4. The molecule has 0 radical (unpaired) electrons. The van der Waals surface area contributed by atoms with Gasteiger partial charge < -0.3 is 4.90 Å². The van der Waals surface area contributed by atoms with E-state index in [1.54, 1.807) is 0 Å². The molecule has 1 aliphatic carbocycles. The van der Waals surface area contributed by atoms with Gasteiger partial charge in [0, 0.05) is 24.0 Å². The summed E-state index contributed by atoms with van der Waals surface area (Å²) in [6.07, 6.45) is 6.68. The van der Waals surface area contributed by atoms with Crippen molar-refractivity contribution in [1.29, 1.82) is 0 Å². The van der Waals surface area contributed by atoms with Crippen molar-refractivity contribution >= 4 is 37.3 Å². The minimum Gasteiger partial charge on any atom is -0.307 e. The lowest BCUT2D eigenvalue weighted by molar-refractivity contribution is -0.118. The Hall–Kier alpha value is -3.49. The number of sulfonamides is 2. The molecule has 1 N–H and O–H groups in total. The molecular formula is C30H33F4N3O5S2. The van der Waals surface area contributed by atoms with Crippen molar-refractivity contribution in [2.45, 2.75) is 56.4 Å². The molecule has 3 aromatic rings. The van der Waals surface area contributed by atoms with Crippen LogP contribution >= 0.6 is 0 Å². The fraction of sp³-hybridized carbons (Fsp3) is 0.367. The molecule has 3 aromatic carbocycles. The van der Waals surface area contributed by atoms with Crippen molar-refractivity contribution in [1.82, 2.24) is 4.31 Å². The second kappa shape index (κ2) is 13.2. The minimum atomic E-state index is -5.21. The van der Waals surface area contributed by atoms with Gasteiger partial charge in [-0.2, -0.15) is 4.31 Å². The summed E-state index contributed by atoms with van der Waals surface area (Å²) in [7, 11) is -7.93. The van der Waals surface area contributed by atoms with Crippen molar-refractivity contribution in [3.05, 3.63) is 88.5 Å². The molecule has 0 aliphatic heterocycles. The third-order valence-corrected chi connectivity index (χ3v) is 10.1. The van der Waals surface area contributed by atoms with E-state index in [0.29, 0.717) is 15.8 Å². The first kappa shape index (κ1) is 33.4. The van der Waals surface area contributed by atoms with E-state index in [-0.39, 0.29) is 17.9 Å². The van der Waals surface area contributed by atoms with E-state index in [1.807, 2.05) is 24.3 Å². The van der Waals surface area contributed by atoms with E-state index in [2.05, 4.69) is 4.72 Å². The Morgan fingerprint density at radius 3 is 1.91 bits per heavy atom. The molecule has 14 heteroatoms. The first-order valence-corrected chi connectivity index (χ1v) is 17.2. The zero-order chi connectivity index (χ0) is 32.4. The number of halogens is 4. The van der Waals surface area contributed by atoms with Crippen LogP contribution in [0.1, 0.15) is 54.7 Å². The Morgan fingerprint density at radius 1 is 0.841 bits per heavy atom. The lowest BCUT2D eigenvalue weighted by Gasteiger charge is -2.27. The first-order valence-electron chi connectivity index (χ1n) is 13.9. The van der Waals surface area contributed by atoms with Crippen LogP contribution in [0.4, 0.5) is 28.9 Å². The lowest BCUT2D eigenvalue weighted by atomic mass is 9.84. The zero-order valence-corrected chi connectivity index (χ0v) is 26.0. The molecule has 0 spiro atoms. The summed E-state index contributed by atoms with van der Waals surface area (Å²) in [4.78, 5) is 13.0. The number of nitrogens with one attached hydrogen (secondary N) is 1. The van der Waals surface area contributed by atoms with Crippen molar-refractivity contribution in [2.24, 2.45) is 0 Å². The van der Waals surface area contributed by atoms with Crippen molar-refractivity contribution in [2.75, 3.05) is 29.5 Å². The monoisotopic (exact) mass is 655 g/mol. The van der Waals surface area contributed by atoms with Gasteiger partial charge in [-0.15, -0.1) is 0 Å². The van der Waals surface area contributed by atoms with Crippen LogP contribution < -0.4 is 9.62 Å². The van der Waals surface area contributed by atoms with Crippen molar-refractivity contribution < 1.29 is 39.2 Å². The lowest BCUT2D eigenvalue weighted by Crippen LogP contribution is -2.41. The van der Waals surface area contributed by atoms with Gasteiger partial charge in [-0.3, -0.25) is 9.52 Å². The van der Waals surface area contributed by atoms with Crippen molar-refractivity contribution in [3.8, 4) is 0 Å². The molecule has 0 unspecified atom stereocenters. The first-order chi connectivity index (χ1) is 20.6. The molecule has 8 nitrogen and oxygen atoms in total. The summed E-state index contributed by atoms with van der Waals surface area (Å²) in [5.74, 6) is -8.28. The predicted molar refractivity (Wildman–Crippen MR) is 159 cm³/mol. The Bertz CT molecular complexity index is 1720. The summed E-state index contributed by atoms with van der Waals surface area (Å²) in [6.45, 7) is -0.217. The van der Waals surface area contributed by atoms with Gasteiger partial charge in [0.05, 0.1) is 19.3 Å². The number of rotatable bonds is 10. The van der Waals surface area contributed by atoms with E-state index >= 15 is 0 Å². The highest BCUT2D eigenvalue weighted by Gasteiger charge is 2.36. The Morgan fingerprint density at radius 2 is 1.39 bits per heavy atom. The molecule has 1 fully saturated rings. The quantitative estimate of drug-likeness (QED) is 0.219. The topological polar surface area (TPSA) is 104 Å². The van der Waals surface area contributed by atoms with E-state index in [9.17, 15) is 39.2 Å². The average molecular weight is 656 g/mol. The van der Waals surface area contributed by atoms with E-state index < -0.39 is 66.2 Å². The van der Waals surface area contributed by atoms with Crippen LogP contribution in [0.5, 0.6) is 0 Å². The molecule has 0 bridgehead atoms. The molecule has 238 valence electrons. The van der Waals surface area contributed by atoms with Gasteiger partial charge in [-0.05, 0) is 61.1 Å². The largest absolute Gasteiger partial charge is 0.307 e. The summed E-state index contributed by atoms with van der Waals surface area (Å²) >= 11 is 0. The number of hydrogen-bond acceptors (Lipinski definition) is 5. The predicted octanol–water partition coefficient (Wildman–Crippen LogP) is 5.82. The van der Waals surface area contributed by atoms with Gasteiger partial charge in [-0.1, -0.05) is 43.5 Å². The molecular weight excluding hydrogens is 622 g/mol. The second-order valence-corrected chi connectivity index (χ2v) is 14.7. The molecule has 4 rings (SSSR count). The van der Waals surface area contributed by atoms with Gasteiger partial charge in [0.1, 0.15) is 0 Å². The van der Waals surface area contributed by atoms with Gasteiger partial charge in [0.25, 0.3) is 0 Å². The highest BCUT2D eigenvalue weighted by Crippen LogP contribution is 2.33. The van der Waals surface area contributed by atoms with Crippen LogP contribution in [0.2, 0.25) is 0 Å². The van der Waals surface area contributed by atoms with Crippen molar-refractivity contribution in [3.63, 3.8) is 0 Å². The van der Waals surface area contributed by atoms with Crippen LogP contribution in [0, 0.1) is 30.2 Å². The highest BCUT2D eigenvalue weighted by molar-refractivity contribution is 7.92. The average Bonchev–Trinajstić information content (AvgIpc) is 2.98. The molecule has 1 saturated carbocycles. The van der Waals surface area contributed by atoms with Crippen LogP contribution in [0.15, 0.2) is 53.4 Å². The third kappa shape index (κ3) is 7.41. The summed E-state index contributed by atoms with van der Waals surface area (Å²) in [5.41, 5.74) is 1.33. The van der Waals surface area contributed by atoms with Crippen LogP contribution in [-0.4, -0.2) is 46.9 Å². The molecule has 0 atom stereocenters. The highest BCUT2D eigenvalue weighted by atomic mass is 32.2. The SMILES string of the molecule is Cc1c(F)c(F)c(S(=O)(=O)N(C)CC(=O)N(Cc2ccc(C3CCCCC3)cc2)c2ccc(NS(C)(=O)=O)cc2)c(F)c1F. The maximum atomic E-state index is 14.6. The number of carbonyl (C=O) groups is 1. The molecule has 0 saturated heterocycles. The number of hydrogen-bond donors (Lipinski definition) is 1. The standard InChI is InChI=1S/C30H33F4N3O5S2/c1-19-26(31)28(33)30(29(34)27(19)32)44(41,42)36(2)18-25(38)37(24-15-13-23(14-16-24)35-43(3,39)40)17-20-9-11-22(12-10-20)21-7-5-4-6-8-21/h9-16,21,35H,4-8,17-18H2,1-3H3. The number of carbonyl (C=O) groups excluding carboxylic acids is 1. The van der Waals surface area contributed by atoms with Crippen LogP contribution in [0.25, 0.3) is 0 Å². The summed E-state index contributed by atoms with van der Waals surface area (Å²) < 4.78 is 110. The van der Waals surface area contributed by atoms with Gasteiger partial charge >= 0.3 is 0 Å². The zero-order valence-electron chi connectivity index (χ0n) is 24.4. The van der Waals surface area contributed by atoms with Gasteiger partial charge in [-0.25, -0.2) is 34.4 Å². The number of anilines is 2. The third-order valence-electron chi connectivity index (χ3n) is 7.65. The fourth-order valence-corrected chi connectivity index (χ4v) is 7.01. The van der Waals surface area contributed by atoms with Crippen LogP contribution in [-0.2, 0) is 31.4 Å². The minimum absolute atomic E-state index is 0.0347. The Kier molecular flexibility index (Phi) is 10.1. The Balaban J connectivity index is 1.64. The number of amides is 1. The summed E-state index contributed by atoms with van der Waals surface area (Å²) in [5, 5.41) is 0. The maximum absolute atomic E-state index is 14.6.